The highest BCUT2D eigenvalue weighted by molar-refractivity contribution is 6.30. The summed E-state index contributed by atoms with van der Waals surface area (Å²) in [5, 5.41) is 7.62. The molecular formula is C20H27ClN4O2. The van der Waals surface area contributed by atoms with Gasteiger partial charge in [-0.2, -0.15) is 0 Å². The number of nitrogens with one attached hydrogen (secondary N) is 2. The normalized spacial score (nSPS) is 17.3. The van der Waals surface area contributed by atoms with E-state index in [1.165, 1.54) is 5.69 Å². The van der Waals surface area contributed by atoms with E-state index in [1.807, 2.05) is 30.3 Å². The number of halogens is 1. The molecule has 7 heteroatoms. The molecule has 0 bridgehead atoms. The van der Waals surface area contributed by atoms with Gasteiger partial charge in [-0.1, -0.05) is 17.7 Å². The van der Waals surface area contributed by atoms with Crippen molar-refractivity contribution in [2.45, 2.75) is 25.5 Å². The summed E-state index contributed by atoms with van der Waals surface area (Å²) in [7, 11) is 1.80. The van der Waals surface area contributed by atoms with E-state index in [0.29, 0.717) is 19.3 Å². The predicted octanol–water partition coefficient (Wildman–Crippen LogP) is 3.28. The van der Waals surface area contributed by atoms with Crippen LogP contribution >= 0.6 is 11.6 Å². The second-order valence-corrected chi connectivity index (χ2v) is 6.98. The van der Waals surface area contributed by atoms with Crippen molar-refractivity contribution in [1.29, 1.82) is 0 Å². The molecule has 2 heterocycles. The fourth-order valence-electron chi connectivity index (χ4n) is 3.12. The Kier molecular flexibility index (Phi) is 7.42. The Balaban J connectivity index is 1.33. The van der Waals surface area contributed by atoms with Gasteiger partial charge in [-0.15, -0.1) is 0 Å². The molecule has 2 N–H and O–H groups in total. The molecule has 1 fully saturated rings. The lowest BCUT2D eigenvalue weighted by Gasteiger charge is -2.20. The van der Waals surface area contributed by atoms with E-state index >= 15 is 0 Å². The molecule has 27 heavy (non-hydrogen) atoms. The fraction of sp³-hybridized carbons (Fsp3) is 0.450. The van der Waals surface area contributed by atoms with E-state index in [-0.39, 0.29) is 0 Å². The number of aliphatic imine (C=N–C) groups is 1. The highest BCUT2D eigenvalue weighted by Gasteiger charge is 2.23. The standard InChI is InChI=1S/C20H27ClN4O2/c1-22-20(23-9-4-11-26-15-19-7-3-12-27-19)24-17-8-10-25(14-17)18-6-2-5-16(21)13-18/h2-3,5-7,12-13,17H,4,8-11,14-15H2,1H3,(H2,22,23,24). The van der Waals surface area contributed by atoms with Gasteiger partial charge in [0.2, 0.25) is 0 Å². The monoisotopic (exact) mass is 390 g/mol. The van der Waals surface area contributed by atoms with Crippen LogP contribution < -0.4 is 15.5 Å². The molecule has 0 amide bonds. The summed E-state index contributed by atoms with van der Waals surface area (Å²) >= 11 is 6.10. The van der Waals surface area contributed by atoms with Crippen molar-refractivity contribution in [2.24, 2.45) is 4.99 Å². The number of benzene rings is 1. The first-order valence-corrected chi connectivity index (χ1v) is 9.70. The maximum atomic E-state index is 6.10. The van der Waals surface area contributed by atoms with E-state index in [2.05, 4.69) is 26.6 Å². The molecule has 0 saturated carbocycles. The Morgan fingerprint density at radius 1 is 1.37 bits per heavy atom. The molecule has 0 spiro atoms. The number of nitrogens with zero attached hydrogens (tertiary/aromatic N) is 2. The van der Waals surface area contributed by atoms with Crippen LogP contribution in [-0.4, -0.2) is 45.3 Å². The zero-order chi connectivity index (χ0) is 18.9. The lowest BCUT2D eigenvalue weighted by atomic mass is 10.2. The van der Waals surface area contributed by atoms with E-state index in [9.17, 15) is 0 Å². The van der Waals surface area contributed by atoms with Crippen molar-refractivity contribution >= 4 is 23.2 Å². The summed E-state index contributed by atoms with van der Waals surface area (Å²) in [5.74, 6) is 1.69. The summed E-state index contributed by atoms with van der Waals surface area (Å²) in [4.78, 5) is 6.67. The molecule has 2 aromatic rings. The van der Waals surface area contributed by atoms with Gasteiger partial charge in [0.25, 0.3) is 0 Å². The molecular weight excluding hydrogens is 364 g/mol. The quantitative estimate of drug-likeness (QED) is 0.411. The summed E-state index contributed by atoms with van der Waals surface area (Å²) in [6, 6.07) is 12.2. The van der Waals surface area contributed by atoms with Gasteiger partial charge >= 0.3 is 0 Å². The minimum Gasteiger partial charge on any atom is -0.467 e. The Labute approximate surface area is 165 Å². The van der Waals surface area contributed by atoms with Gasteiger partial charge < -0.3 is 24.7 Å². The number of guanidine groups is 1. The van der Waals surface area contributed by atoms with Crippen LogP contribution in [0.15, 0.2) is 52.1 Å². The summed E-state index contributed by atoms with van der Waals surface area (Å²) in [5.41, 5.74) is 1.17. The number of anilines is 1. The van der Waals surface area contributed by atoms with Crippen LogP contribution in [0.3, 0.4) is 0 Å². The molecule has 1 aliphatic heterocycles. The zero-order valence-corrected chi connectivity index (χ0v) is 16.4. The van der Waals surface area contributed by atoms with Crippen LogP contribution in [0.5, 0.6) is 0 Å². The maximum Gasteiger partial charge on any atom is 0.191 e. The molecule has 3 rings (SSSR count). The lowest BCUT2D eigenvalue weighted by Crippen LogP contribution is -2.45. The first-order valence-electron chi connectivity index (χ1n) is 9.32. The third-order valence-corrected chi connectivity index (χ3v) is 4.74. The van der Waals surface area contributed by atoms with Gasteiger partial charge in [0, 0.05) is 50.0 Å². The number of rotatable bonds is 8. The maximum absolute atomic E-state index is 6.10. The molecule has 146 valence electrons. The molecule has 1 unspecified atom stereocenters. The van der Waals surface area contributed by atoms with E-state index in [1.54, 1.807) is 13.3 Å². The van der Waals surface area contributed by atoms with Gasteiger partial charge in [0.15, 0.2) is 5.96 Å². The minimum atomic E-state index is 0.366. The van der Waals surface area contributed by atoms with Crippen LogP contribution in [0.1, 0.15) is 18.6 Å². The highest BCUT2D eigenvalue weighted by Crippen LogP contribution is 2.23. The lowest BCUT2D eigenvalue weighted by molar-refractivity contribution is 0.105. The molecule has 6 nitrogen and oxygen atoms in total. The second kappa shape index (κ2) is 10.2. The number of furan rings is 1. The van der Waals surface area contributed by atoms with E-state index < -0.39 is 0 Å². The fourth-order valence-corrected chi connectivity index (χ4v) is 3.31. The molecule has 1 aliphatic rings. The van der Waals surface area contributed by atoms with Gasteiger partial charge in [0.1, 0.15) is 12.4 Å². The smallest absolute Gasteiger partial charge is 0.191 e. The third kappa shape index (κ3) is 6.19. The van der Waals surface area contributed by atoms with Crippen molar-refractivity contribution in [3.8, 4) is 0 Å². The second-order valence-electron chi connectivity index (χ2n) is 6.54. The van der Waals surface area contributed by atoms with Gasteiger partial charge in [-0.05, 0) is 43.2 Å². The van der Waals surface area contributed by atoms with Crippen LogP contribution in [0.4, 0.5) is 5.69 Å². The van der Waals surface area contributed by atoms with Crippen LogP contribution in [-0.2, 0) is 11.3 Å². The average molecular weight is 391 g/mol. The topological polar surface area (TPSA) is 62.0 Å². The molecule has 1 saturated heterocycles. The van der Waals surface area contributed by atoms with Gasteiger partial charge in [0.05, 0.1) is 6.26 Å². The summed E-state index contributed by atoms with van der Waals surface area (Å²) in [6.45, 7) is 3.95. The van der Waals surface area contributed by atoms with Crippen molar-refractivity contribution in [3.63, 3.8) is 0 Å². The minimum absolute atomic E-state index is 0.366. The Hall–Kier alpha value is -2.18. The zero-order valence-electron chi connectivity index (χ0n) is 15.7. The molecule has 0 aliphatic carbocycles. The Morgan fingerprint density at radius 2 is 2.30 bits per heavy atom. The van der Waals surface area contributed by atoms with Crippen molar-refractivity contribution in [2.75, 3.05) is 38.2 Å². The van der Waals surface area contributed by atoms with Crippen molar-refractivity contribution < 1.29 is 9.15 Å². The van der Waals surface area contributed by atoms with Crippen molar-refractivity contribution in [3.05, 3.63) is 53.4 Å². The van der Waals surface area contributed by atoms with Crippen LogP contribution in [0.2, 0.25) is 5.02 Å². The SMILES string of the molecule is CN=C(NCCCOCc1ccco1)NC1CCN(c2cccc(Cl)c2)C1. The van der Waals surface area contributed by atoms with Gasteiger partial charge in [-0.25, -0.2) is 0 Å². The third-order valence-electron chi connectivity index (χ3n) is 4.51. The Morgan fingerprint density at radius 3 is 3.07 bits per heavy atom. The Bertz CT molecular complexity index is 721. The number of ether oxygens (including phenoxy) is 1. The largest absolute Gasteiger partial charge is 0.467 e. The van der Waals surface area contributed by atoms with Crippen LogP contribution in [0.25, 0.3) is 0 Å². The van der Waals surface area contributed by atoms with Gasteiger partial charge in [-0.3, -0.25) is 4.99 Å². The molecule has 1 aromatic heterocycles. The molecule has 1 atom stereocenters. The first-order chi connectivity index (χ1) is 13.2. The number of hydrogen-bond acceptors (Lipinski definition) is 4. The first kappa shape index (κ1) is 19.6. The number of hydrogen-bond donors (Lipinski definition) is 2. The highest BCUT2D eigenvalue weighted by atomic mass is 35.5. The van der Waals surface area contributed by atoms with E-state index in [0.717, 1.165) is 49.2 Å². The molecule has 0 radical (unpaired) electrons. The van der Waals surface area contributed by atoms with Crippen LogP contribution in [0, 0.1) is 0 Å². The molecule has 1 aromatic carbocycles. The average Bonchev–Trinajstić information content (AvgIpc) is 3.35. The van der Waals surface area contributed by atoms with Crippen molar-refractivity contribution in [1.82, 2.24) is 10.6 Å². The summed E-state index contributed by atoms with van der Waals surface area (Å²) in [6.07, 6.45) is 3.63. The van der Waals surface area contributed by atoms with E-state index in [4.69, 9.17) is 20.8 Å². The summed E-state index contributed by atoms with van der Waals surface area (Å²) < 4.78 is 10.8. The predicted molar refractivity (Wildman–Crippen MR) is 110 cm³/mol.